The van der Waals surface area contributed by atoms with E-state index in [-0.39, 0.29) is 5.56 Å². The lowest BCUT2D eigenvalue weighted by Crippen LogP contribution is -2.34. The average Bonchev–Trinajstić information content (AvgIpc) is 3.30. The molecule has 1 aliphatic rings. The minimum atomic E-state index is -0.165. The van der Waals surface area contributed by atoms with E-state index >= 15 is 0 Å². The van der Waals surface area contributed by atoms with Gasteiger partial charge in [0.25, 0.3) is 5.56 Å². The number of H-pyrrole nitrogens is 1. The molecule has 0 saturated carbocycles. The van der Waals surface area contributed by atoms with Crippen LogP contribution < -0.4 is 10.9 Å². The van der Waals surface area contributed by atoms with Gasteiger partial charge in [0.15, 0.2) is 0 Å². The quantitative estimate of drug-likeness (QED) is 0.493. The van der Waals surface area contributed by atoms with Crippen molar-refractivity contribution in [2.24, 2.45) is 5.92 Å². The molecule has 2 aromatic carbocycles. The minimum Gasteiger partial charge on any atom is -0.321 e. The number of benzene rings is 2. The normalized spacial score (nSPS) is 15.4. The van der Waals surface area contributed by atoms with E-state index in [1.807, 2.05) is 42.5 Å². The molecule has 5 rings (SSSR count). The van der Waals surface area contributed by atoms with Crippen molar-refractivity contribution in [3.63, 3.8) is 0 Å². The molecular formula is C25H28N6O. The van der Waals surface area contributed by atoms with E-state index in [4.69, 9.17) is 0 Å². The highest BCUT2D eigenvalue weighted by Crippen LogP contribution is 2.19. The van der Waals surface area contributed by atoms with Gasteiger partial charge in [-0.05, 0) is 80.7 Å². The van der Waals surface area contributed by atoms with Gasteiger partial charge >= 0.3 is 0 Å². The number of hydrogen-bond donors (Lipinski definition) is 2. The van der Waals surface area contributed by atoms with Crippen LogP contribution in [-0.4, -0.2) is 51.6 Å². The number of fused-ring (bicyclic) bond motifs is 1. The van der Waals surface area contributed by atoms with Gasteiger partial charge in [-0.2, -0.15) is 0 Å². The second kappa shape index (κ2) is 9.06. The summed E-state index contributed by atoms with van der Waals surface area (Å²) in [6.07, 6.45) is 4.35. The fraction of sp³-hybridized carbons (Fsp3) is 0.320. The largest absolute Gasteiger partial charge is 0.321 e. The van der Waals surface area contributed by atoms with Gasteiger partial charge < -0.3 is 15.2 Å². The second-order valence-corrected chi connectivity index (χ2v) is 8.69. The number of pyridine rings is 1. The molecule has 0 atom stereocenters. The molecule has 1 saturated heterocycles. The molecule has 0 radical (unpaired) electrons. The van der Waals surface area contributed by atoms with Crippen LogP contribution in [0.2, 0.25) is 0 Å². The molecule has 0 bridgehead atoms. The van der Waals surface area contributed by atoms with Crippen molar-refractivity contribution in [2.75, 3.05) is 26.7 Å². The molecule has 32 heavy (non-hydrogen) atoms. The van der Waals surface area contributed by atoms with Crippen LogP contribution >= 0.6 is 0 Å². The Morgan fingerprint density at radius 3 is 2.69 bits per heavy atom. The van der Waals surface area contributed by atoms with E-state index in [9.17, 15) is 4.79 Å². The molecule has 1 aliphatic heterocycles. The van der Waals surface area contributed by atoms with E-state index in [2.05, 4.69) is 44.7 Å². The Morgan fingerprint density at radius 1 is 1.09 bits per heavy atom. The summed E-state index contributed by atoms with van der Waals surface area (Å²) in [6.45, 7) is 4.34. The van der Waals surface area contributed by atoms with Crippen LogP contribution in [0.5, 0.6) is 0 Å². The van der Waals surface area contributed by atoms with E-state index in [0.29, 0.717) is 11.3 Å². The van der Waals surface area contributed by atoms with E-state index in [0.717, 1.165) is 35.6 Å². The first-order valence-corrected chi connectivity index (χ1v) is 11.2. The fourth-order valence-corrected chi connectivity index (χ4v) is 4.30. The van der Waals surface area contributed by atoms with Crippen LogP contribution in [0.1, 0.15) is 18.4 Å². The summed E-state index contributed by atoms with van der Waals surface area (Å²) in [6, 6.07) is 17.9. The molecule has 0 amide bonds. The molecule has 0 unspecified atom stereocenters. The van der Waals surface area contributed by atoms with Crippen molar-refractivity contribution in [2.45, 2.75) is 19.4 Å². The molecule has 0 aliphatic carbocycles. The molecule has 4 aromatic rings. The lowest BCUT2D eigenvalue weighted by molar-refractivity contribution is 0.216. The molecule has 2 N–H and O–H groups in total. The third kappa shape index (κ3) is 4.49. The Morgan fingerprint density at radius 2 is 1.88 bits per heavy atom. The van der Waals surface area contributed by atoms with Crippen LogP contribution in [0.3, 0.4) is 0 Å². The average molecular weight is 429 g/mol. The maximum atomic E-state index is 12.5. The third-order valence-corrected chi connectivity index (χ3v) is 6.32. The molecular weight excluding hydrogens is 400 g/mol. The number of hydrogen-bond acceptors (Lipinski definition) is 5. The molecule has 0 spiro atoms. The number of nitrogens with one attached hydrogen (secondary N) is 2. The van der Waals surface area contributed by atoms with Gasteiger partial charge in [0.05, 0.1) is 17.4 Å². The lowest BCUT2D eigenvalue weighted by atomic mass is 9.97. The van der Waals surface area contributed by atoms with Gasteiger partial charge in [0, 0.05) is 12.1 Å². The SMILES string of the molecule is CN1CCC(CNCc2ccc(-n3cc(-c4cc5ccccc5[nH]c4=O)nn3)cc2)CC1. The number of aromatic nitrogens is 4. The van der Waals surface area contributed by atoms with Crippen molar-refractivity contribution >= 4 is 10.9 Å². The fourth-order valence-electron chi connectivity index (χ4n) is 4.30. The molecule has 164 valence electrons. The van der Waals surface area contributed by atoms with Crippen molar-refractivity contribution in [1.29, 1.82) is 0 Å². The Labute approximate surface area is 187 Å². The number of aromatic amines is 1. The molecule has 7 nitrogen and oxygen atoms in total. The smallest absolute Gasteiger partial charge is 0.258 e. The minimum absolute atomic E-state index is 0.165. The number of para-hydroxylation sites is 1. The van der Waals surface area contributed by atoms with Gasteiger partial charge in [0.2, 0.25) is 0 Å². The lowest BCUT2D eigenvalue weighted by Gasteiger charge is -2.29. The monoisotopic (exact) mass is 428 g/mol. The van der Waals surface area contributed by atoms with E-state index < -0.39 is 0 Å². The van der Waals surface area contributed by atoms with E-state index in [1.54, 1.807) is 10.9 Å². The topological polar surface area (TPSA) is 78.8 Å². The zero-order valence-electron chi connectivity index (χ0n) is 18.3. The van der Waals surface area contributed by atoms with Gasteiger partial charge in [-0.1, -0.05) is 35.5 Å². The predicted octanol–water partition coefficient (Wildman–Crippen LogP) is 3.21. The first-order chi connectivity index (χ1) is 15.7. The summed E-state index contributed by atoms with van der Waals surface area (Å²) >= 11 is 0. The molecule has 2 aromatic heterocycles. The van der Waals surface area contributed by atoms with Crippen molar-refractivity contribution in [3.05, 3.63) is 76.7 Å². The third-order valence-electron chi connectivity index (χ3n) is 6.32. The van der Waals surface area contributed by atoms with Crippen LogP contribution in [0, 0.1) is 5.92 Å². The maximum absolute atomic E-state index is 12.5. The Hall–Kier alpha value is -3.29. The van der Waals surface area contributed by atoms with Crippen molar-refractivity contribution < 1.29 is 0 Å². The number of likely N-dealkylation sites (tertiary alicyclic amines) is 1. The van der Waals surface area contributed by atoms with Gasteiger partial charge in [-0.25, -0.2) is 4.68 Å². The zero-order valence-corrected chi connectivity index (χ0v) is 18.3. The number of nitrogens with zero attached hydrogens (tertiary/aromatic N) is 4. The number of piperidine rings is 1. The summed E-state index contributed by atoms with van der Waals surface area (Å²) < 4.78 is 1.71. The summed E-state index contributed by atoms with van der Waals surface area (Å²) in [5.74, 6) is 0.775. The molecule has 3 heterocycles. The highest BCUT2D eigenvalue weighted by atomic mass is 16.1. The van der Waals surface area contributed by atoms with E-state index in [1.165, 1.54) is 31.5 Å². The van der Waals surface area contributed by atoms with Gasteiger partial charge in [-0.3, -0.25) is 4.79 Å². The highest BCUT2D eigenvalue weighted by Gasteiger charge is 2.16. The molecule has 7 heteroatoms. The summed E-state index contributed by atoms with van der Waals surface area (Å²) in [7, 11) is 2.20. The summed E-state index contributed by atoms with van der Waals surface area (Å²) in [5.41, 5.74) is 3.88. The zero-order chi connectivity index (χ0) is 21.9. The van der Waals surface area contributed by atoms with Crippen molar-refractivity contribution in [3.8, 4) is 16.9 Å². The Bertz CT molecular complexity index is 1250. The molecule has 1 fully saturated rings. The van der Waals surface area contributed by atoms with Crippen LogP contribution in [0.15, 0.2) is 65.6 Å². The van der Waals surface area contributed by atoms with Gasteiger partial charge in [-0.15, -0.1) is 5.10 Å². The standard InChI is InChI=1S/C25H28N6O/c1-30-12-10-19(11-13-30)16-26-15-18-6-8-21(9-7-18)31-17-24(28-29-31)22-14-20-4-2-3-5-23(20)27-25(22)32/h2-9,14,17,19,26H,10-13,15-16H2,1H3,(H,27,32). The summed E-state index contributed by atoms with van der Waals surface area (Å²) in [5, 5.41) is 13.0. The van der Waals surface area contributed by atoms with Crippen LogP contribution in [0.4, 0.5) is 0 Å². The van der Waals surface area contributed by atoms with Crippen LogP contribution in [0.25, 0.3) is 27.8 Å². The Kier molecular flexibility index (Phi) is 5.83. The Balaban J connectivity index is 1.25. The maximum Gasteiger partial charge on any atom is 0.258 e. The van der Waals surface area contributed by atoms with Crippen LogP contribution in [-0.2, 0) is 6.54 Å². The predicted molar refractivity (Wildman–Crippen MR) is 127 cm³/mol. The first-order valence-electron chi connectivity index (χ1n) is 11.2. The first kappa shape index (κ1) is 20.6. The number of rotatable bonds is 6. The summed E-state index contributed by atoms with van der Waals surface area (Å²) in [4.78, 5) is 17.8. The van der Waals surface area contributed by atoms with Gasteiger partial charge in [0.1, 0.15) is 5.69 Å². The highest BCUT2D eigenvalue weighted by molar-refractivity contribution is 5.82. The van der Waals surface area contributed by atoms with Crippen molar-refractivity contribution in [1.82, 2.24) is 30.2 Å². The second-order valence-electron chi connectivity index (χ2n) is 8.69.